The molecule has 6 heteroatoms. The molecule has 1 aliphatic rings. The Labute approximate surface area is 122 Å². The van der Waals surface area contributed by atoms with Gasteiger partial charge in [0.2, 0.25) is 0 Å². The third-order valence-electron chi connectivity index (χ3n) is 3.57. The molecule has 0 saturated carbocycles. The van der Waals surface area contributed by atoms with Crippen LogP contribution in [0.1, 0.15) is 26.5 Å². The highest BCUT2D eigenvalue weighted by Gasteiger charge is 2.29. The Balaban J connectivity index is 1.77. The minimum absolute atomic E-state index is 0.163. The van der Waals surface area contributed by atoms with Crippen LogP contribution in [-0.2, 0) is 13.1 Å². The number of carbonyl (C=O) groups excluding carboxylic acids is 2. The normalized spacial score (nSPS) is 14.0. The second-order valence-electron chi connectivity index (χ2n) is 5.03. The minimum atomic E-state index is -0.323. The minimum Gasteiger partial charge on any atom is -0.347 e. The molecule has 2 amide bonds. The summed E-state index contributed by atoms with van der Waals surface area (Å²) in [6.45, 7) is 1.71. The van der Waals surface area contributed by atoms with E-state index in [0.29, 0.717) is 25.3 Å². The second kappa shape index (κ2) is 5.40. The number of likely N-dealkylation sites (N-methyl/N-ethyl adjacent to an activating group) is 1. The molecule has 1 aliphatic heterocycles. The first-order valence-corrected chi connectivity index (χ1v) is 6.79. The van der Waals surface area contributed by atoms with Crippen molar-refractivity contribution in [1.29, 1.82) is 0 Å². The van der Waals surface area contributed by atoms with Gasteiger partial charge in [-0.3, -0.25) is 9.59 Å². The van der Waals surface area contributed by atoms with Gasteiger partial charge in [-0.05, 0) is 5.56 Å². The van der Waals surface area contributed by atoms with Crippen LogP contribution in [0.2, 0.25) is 0 Å². The number of imidazole rings is 1. The number of carbonyl (C=O) groups is 2. The molecule has 6 nitrogen and oxygen atoms in total. The lowest BCUT2D eigenvalue weighted by atomic mass is 10.2. The van der Waals surface area contributed by atoms with E-state index in [2.05, 4.69) is 10.3 Å². The summed E-state index contributed by atoms with van der Waals surface area (Å²) in [6.07, 6.45) is 1.55. The average Bonchev–Trinajstić information content (AvgIpc) is 2.94. The first-order chi connectivity index (χ1) is 10.2. The molecule has 0 saturated heterocycles. The van der Waals surface area contributed by atoms with E-state index in [9.17, 15) is 9.59 Å². The molecule has 1 aromatic heterocycles. The quantitative estimate of drug-likeness (QED) is 0.910. The smallest absolute Gasteiger partial charge is 0.272 e. The Kier molecular flexibility index (Phi) is 3.43. The van der Waals surface area contributed by atoms with Gasteiger partial charge in [0.25, 0.3) is 11.8 Å². The maximum atomic E-state index is 12.2. The summed E-state index contributed by atoms with van der Waals surface area (Å²) >= 11 is 0. The van der Waals surface area contributed by atoms with Gasteiger partial charge in [0.15, 0.2) is 5.69 Å². The van der Waals surface area contributed by atoms with Crippen molar-refractivity contribution in [3.8, 4) is 0 Å². The van der Waals surface area contributed by atoms with Crippen LogP contribution in [0.25, 0.3) is 0 Å². The van der Waals surface area contributed by atoms with E-state index in [1.165, 1.54) is 0 Å². The fraction of sp³-hybridized carbons (Fsp3) is 0.267. The predicted molar refractivity (Wildman–Crippen MR) is 76.8 cm³/mol. The molecule has 0 atom stereocenters. The Morgan fingerprint density at radius 3 is 2.81 bits per heavy atom. The van der Waals surface area contributed by atoms with E-state index in [0.717, 1.165) is 5.56 Å². The SMILES string of the molecule is CN1CCn2cnc(C(=O)NCc3ccccc3)c2C1=O. The Bertz CT molecular complexity index is 678. The molecule has 0 aliphatic carbocycles. The first-order valence-electron chi connectivity index (χ1n) is 6.79. The Morgan fingerprint density at radius 1 is 1.29 bits per heavy atom. The fourth-order valence-electron chi connectivity index (χ4n) is 2.34. The molecule has 0 spiro atoms. The van der Waals surface area contributed by atoms with E-state index in [1.54, 1.807) is 22.8 Å². The zero-order chi connectivity index (χ0) is 14.8. The number of fused-ring (bicyclic) bond motifs is 1. The summed E-state index contributed by atoms with van der Waals surface area (Å²) < 4.78 is 1.74. The van der Waals surface area contributed by atoms with Crippen molar-refractivity contribution in [2.45, 2.75) is 13.1 Å². The van der Waals surface area contributed by atoms with Crippen LogP contribution in [0.5, 0.6) is 0 Å². The number of hydrogen-bond acceptors (Lipinski definition) is 3. The summed E-state index contributed by atoms with van der Waals surface area (Å²) in [5.74, 6) is -0.486. The van der Waals surface area contributed by atoms with Crippen LogP contribution < -0.4 is 5.32 Å². The lowest BCUT2D eigenvalue weighted by Crippen LogP contribution is -2.38. The molecule has 1 N–H and O–H groups in total. The van der Waals surface area contributed by atoms with Crippen molar-refractivity contribution in [2.75, 3.05) is 13.6 Å². The molecule has 2 heterocycles. The van der Waals surface area contributed by atoms with Gasteiger partial charge in [0.1, 0.15) is 5.69 Å². The van der Waals surface area contributed by atoms with Gasteiger partial charge >= 0.3 is 0 Å². The monoisotopic (exact) mass is 284 g/mol. The van der Waals surface area contributed by atoms with Crippen molar-refractivity contribution in [3.05, 3.63) is 53.6 Å². The van der Waals surface area contributed by atoms with E-state index in [4.69, 9.17) is 0 Å². The highest BCUT2D eigenvalue weighted by molar-refractivity contribution is 6.05. The number of benzene rings is 1. The topological polar surface area (TPSA) is 67.2 Å². The van der Waals surface area contributed by atoms with Crippen LogP contribution >= 0.6 is 0 Å². The maximum Gasteiger partial charge on any atom is 0.272 e. The van der Waals surface area contributed by atoms with Crippen molar-refractivity contribution < 1.29 is 9.59 Å². The molecular weight excluding hydrogens is 268 g/mol. The molecule has 108 valence electrons. The molecular formula is C15H16N4O2. The summed E-state index contributed by atoms with van der Waals surface area (Å²) in [4.78, 5) is 30.1. The van der Waals surface area contributed by atoms with Gasteiger partial charge in [-0.2, -0.15) is 0 Å². The maximum absolute atomic E-state index is 12.2. The largest absolute Gasteiger partial charge is 0.347 e. The zero-order valence-corrected chi connectivity index (χ0v) is 11.7. The van der Waals surface area contributed by atoms with Crippen molar-refractivity contribution in [2.24, 2.45) is 0 Å². The summed E-state index contributed by atoms with van der Waals surface area (Å²) in [5.41, 5.74) is 1.57. The standard InChI is InChI=1S/C15H16N4O2/c1-18-7-8-19-10-17-12(13(19)15(18)21)14(20)16-9-11-5-3-2-4-6-11/h2-6,10H,7-9H2,1H3,(H,16,20). The van der Waals surface area contributed by atoms with Crippen molar-refractivity contribution in [1.82, 2.24) is 19.8 Å². The number of nitrogens with one attached hydrogen (secondary N) is 1. The molecule has 0 bridgehead atoms. The number of amides is 2. The zero-order valence-electron chi connectivity index (χ0n) is 11.7. The third kappa shape index (κ3) is 2.52. The molecule has 3 rings (SSSR count). The van der Waals surface area contributed by atoms with E-state index in [1.807, 2.05) is 30.3 Å². The lowest BCUT2D eigenvalue weighted by molar-refractivity contribution is 0.0741. The summed E-state index contributed by atoms with van der Waals surface area (Å²) in [5, 5.41) is 2.80. The first kappa shape index (κ1) is 13.4. The van der Waals surface area contributed by atoms with Crippen LogP contribution in [0.3, 0.4) is 0 Å². The number of aromatic nitrogens is 2. The average molecular weight is 284 g/mol. The van der Waals surface area contributed by atoms with Gasteiger partial charge in [-0.25, -0.2) is 4.98 Å². The number of hydrogen-bond donors (Lipinski definition) is 1. The molecule has 0 radical (unpaired) electrons. The number of rotatable bonds is 3. The van der Waals surface area contributed by atoms with Crippen molar-refractivity contribution in [3.63, 3.8) is 0 Å². The van der Waals surface area contributed by atoms with Crippen molar-refractivity contribution >= 4 is 11.8 Å². The van der Waals surface area contributed by atoms with Crippen LogP contribution in [-0.4, -0.2) is 39.9 Å². The van der Waals surface area contributed by atoms with E-state index in [-0.39, 0.29) is 17.5 Å². The lowest BCUT2D eigenvalue weighted by Gasteiger charge is -2.24. The van der Waals surface area contributed by atoms with Gasteiger partial charge in [0, 0.05) is 26.7 Å². The van der Waals surface area contributed by atoms with E-state index < -0.39 is 0 Å². The van der Waals surface area contributed by atoms with Crippen LogP contribution in [0.15, 0.2) is 36.7 Å². The fourth-order valence-corrected chi connectivity index (χ4v) is 2.34. The van der Waals surface area contributed by atoms with Gasteiger partial charge in [0.05, 0.1) is 6.33 Å². The highest BCUT2D eigenvalue weighted by atomic mass is 16.2. The number of nitrogens with zero attached hydrogens (tertiary/aromatic N) is 3. The highest BCUT2D eigenvalue weighted by Crippen LogP contribution is 2.15. The van der Waals surface area contributed by atoms with Gasteiger partial charge in [-0.1, -0.05) is 30.3 Å². The molecule has 21 heavy (non-hydrogen) atoms. The van der Waals surface area contributed by atoms with Crippen LogP contribution in [0, 0.1) is 0 Å². The molecule has 1 aromatic carbocycles. The summed E-state index contributed by atoms with van der Waals surface area (Å²) in [7, 11) is 1.73. The molecule has 2 aromatic rings. The van der Waals surface area contributed by atoms with Gasteiger partial charge in [-0.15, -0.1) is 0 Å². The van der Waals surface area contributed by atoms with Gasteiger partial charge < -0.3 is 14.8 Å². The Hall–Kier alpha value is -2.63. The van der Waals surface area contributed by atoms with E-state index >= 15 is 0 Å². The predicted octanol–water partition coefficient (Wildman–Crippen LogP) is 0.899. The second-order valence-corrected chi connectivity index (χ2v) is 5.03. The Morgan fingerprint density at radius 2 is 2.05 bits per heavy atom. The van der Waals surface area contributed by atoms with Crippen LogP contribution in [0.4, 0.5) is 0 Å². The third-order valence-corrected chi connectivity index (χ3v) is 3.57. The molecule has 0 fully saturated rings. The molecule has 0 unspecified atom stereocenters. The summed E-state index contributed by atoms with van der Waals surface area (Å²) in [6, 6.07) is 9.62.